The maximum atomic E-state index is 10.6. The van der Waals surface area contributed by atoms with E-state index < -0.39 is 4.92 Å². The first-order valence-corrected chi connectivity index (χ1v) is 5.96. The van der Waals surface area contributed by atoms with Crippen molar-refractivity contribution < 1.29 is 9.66 Å². The summed E-state index contributed by atoms with van der Waals surface area (Å²) in [6, 6.07) is 5.83. The zero-order chi connectivity index (χ0) is 13.1. The van der Waals surface area contributed by atoms with Gasteiger partial charge in [0.25, 0.3) is 5.69 Å². The summed E-state index contributed by atoms with van der Waals surface area (Å²) in [7, 11) is 0. The van der Waals surface area contributed by atoms with Crippen LogP contribution in [0.1, 0.15) is 0 Å². The number of aromatic nitrogens is 1. The van der Waals surface area contributed by atoms with E-state index in [1.807, 2.05) is 0 Å². The molecule has 0 saturated carbocycles. The lowest BCUT2D eigenvalue weighted by atomic mass is 10.3. The number of hydrogen-bond acceptors (Lipinski definition) is 4. The number of benzene rings is 1. The van der Waals surface area contributed by atoms with Crippen LogP contribution in [0.15, 0.2) is 41.1 Å². The van der Waals surface area contributed by atoms with Gasteiger partial charge in [0.1, 0.15) is 11.5 Å². The summed E-state index contributed by atoms with van der Waals surface area (Å²) in [6.07, 6.45) is 2.99. The molecule has 0 aliphatic heterocycles. The van der Waals surface area contributed by atoms with Crippen molar-refractivity contribution in [1.29, 1.82) is 0 Å². The Morgan fingerprint density at radius 2 is 2.11 bits per heavy atom. The van der Waals surface area contributed by atoms with Gasteiger partial charge in [0, 0.05) is 24.4 Å². The van der Waals surface area contributed by atoms with Crippen LogP contribution in [0.3, 0.4) is 0 Å². The molecule has 0 aliphatic carbocycles. The molecule has 1 aromatic carbocycles. The van der Waals surface area contributed by atoms with Crippen molar-refractivity contribution in [3.63, 3.8) is 0 Å². The summed E-state index contributed by atoms with van der Waals surface area (Å²) in [4.78, 5) is 14.0. The van der Waals surface area contributed by atoms with Gasteiger partial charge in [0.05, 0.1) is 20.6 Å². The summed E-state index contributed by atoms with van der Waals surface area (Å²) >= 11 is 8.98. The molecule has 0 N–H and O–H groups in total. The average Bonchev–Trinajstić information content (AvgIpc) is 2.31. The van der Waals surface area contributed by atoms with Crippen LogP contribution in [0.5, 0.6) is 11.5 Å². The Hall–Kier alpha value is -1.66. The second-order valence-corrected chi connectivity index (χ2v) is 4.60. The van der Waals surface area contributed by atoms with Crippen molar-refractivity contribution in [2.45, 2.75) is 0 Å². The number of nitrogens with zero attached hydrogens (tertiary/aromatic N) is 2. The van der Waals surface area contributed by atoms with Crippen LogP contribution < -0.4 is 4.74 Å². The maximum absolute atomic E-state index is 10.6. The van der Waals surface area contributed by atoms with Crippen molar-refractivity contribution in [3.8, 4) is 11.5 Å². The van der Waals surface area contributed by atoms with Crippen molar-refractivity contribution in [2.75, 3.05) is 0 Å². The summed E-state index contributed by atoms with van der Waals surface area (Å²) in [6.45, 7) is 0. The van der Waals surface area contributed by atoms with Crippen LogP contribution in [0.2, 0.25) is 5.02 Å². The van der Waals surface area contributed by atoms with E-state index in [0.717, 1.165) is 0 Å². The monoisotopic (exact) mass is 328 g/mol. The molecule has 1 aromatic heterocycles. The van der Waals surface area contributed by atoms with Crippen molar-refractivity contribution in [3.05, 3.63) is 56.3 Å². The fourth-order valence-corrected chi connectivity index (χ4v) is 1.87. The van der Waals surface area contributed by atoms with Gasteiger partial charge < -0.3 is 4.74 Å². The lowest BCUT2D eigenvalue weighted by Gasteiger charge is -2.07. The van der Waals surface area contributed by atoms with Gasteiger partial charge in [-0.15, -0.1) is 0 Å². The van der Waals surface area contributed by atoms with Gasteiger partial charge in [0.15, 0.2) is 0 Å². The first-order chi connectivity index (χ1) is 8.56. The molecule has 0 atom stereocenters. The van der Waals surface area contributed by atoms with Crippen LogP contribution in [-0.4, -0.2) is 9.91 Å². The highest BCUT2D eigenvalue weighted by molar-refractivity contribution is 9.10. The Bertz CT molecular complexity index is 607. The third kappa shape index (κ3) is 2.96. The molecule has 0 bridgehead atoms. The fraction of sp³-hybridized carbons (Fsp3) is 0. The zero-order valence-electron chi connectivity index (χ0n) is 8.84. The quantitative estimate of drug-likeness (QED) is 0.625. The SMILES string of the molecule is O=[N+]([O-])c1ccc(Oc2cncc(Cl)c2)c(Br)c1. The largest absolute Gasteiger partial charge is 0.455 e. The van der Waals surface area contributed by atoms with Crippen molar-refractivity contribution in [1.82, 2.24) is 4.98 Å². The Morgan fingerprint density at radius 1 is 1.33 bits per heavy atom. The summed E-state index contributed by atoms with van der Waals surface area (Å²) in [5.41, 5.74) is -0.0153. The Balaban J connectivity index is 2.27. The van der Waals surface area contributed by atoms with E-state index in [1.165, 1.54) is 30.6 Å². The third-order valence-corrected chi connectivity index (χ3v) is 2.86. The number of hydrogen-bond donors (Lipinski definition) is 0. The molecular weight excluding hydrogens is 323 g/mol. The summed E-state index contributed by atoms with van der Waals surface area (Å²) in [5, 5.41) is 11.0. The van der Waals surface area contributed by atoms with E-state index in [2.05, 4.69) is 20.9 Å². The van der Waals surface area contributed by atoms with Gasteiger partial charge in [-0.25, -0.2) is 0 Å². The molecule has 18 heavy (non-hydrogen) atoms. The van der Waals surface area contributed by atoms with Crippen molar-refractivity contribution >= 4 is 33.2 Å². The zero-order valence-corrected chi connectivity index (χ0v) is 11.2. The highest BCUT2D eigenvalue weighted by atomic mass is 79.9. The highest BCUT2D eigenvalue weighted by Gasteiger charge is 2.10. The molecule has 7 heteroatoms. The third-order valence-electron chi connectivity index (χ3n) is 2.03. The number of halogens is 2. The lowest BCUT2D eigenvalue weighted by Crippen LogP contribution is -1.90. The molecule has 0 fully saturated rings. The van der Waals surface area contributed by atoms with E-state index >= 15 is 0 Å². The first kappa shape index (κ1) is 12.8. The molecule has 2 aromatic rings. The topological polar surface area (TPSA) is 65.3 Å². The van der Waals surface area contributed by atoms with E-state index in [4.69, 9.17) is 16.3 Å². The smallest absolute Gasteiger partial charge is 0.270 e. The molecule has 0 unspecified atom stereocenters. The predicted molar refractivity (Wildman–Crippen MR) is 70.1 cm³/mol. The van der Waals surface area contributed by atoms with Gasteiger partial charge in [-0.2, -0.15) is 0 Å². The Kier molecular flexibility index (Phi) is 3.78. The highest BCUT2D eigenvalue weighted by Crippen LogP contribution is 2.32. The van der Waals surface area contributed by atoms with Crippen LogP contribution in [-0.2, 0) is 0 Å². The van der Waals surface area contributed by atoms with Crippen molar-refractivity contribution in [2.24, 2.45) is 0 Å². The minimum Gasteiger partial charge on any atom is -0.455 e. The van der Waals surface area contributed by atoms with Crippen LogP contribution in [0.25, 0.3) is 0 Å². The molecule has 1 heterocycles. The molecule has 0 radical (unpaired) electrons. The number of ether oxygens (including phenoxy) is 1. The number of nitro benzene ring substituents is 1. The molecule has 2 rings (SSSR count). The molecule has 0 saturated heterocycles. The maximum Gasteiger partial charge on any atom is 0.270 e. The van der Waals surface area contributed by atoms with E-state index in [9.17, 15) is 10.1 Å². The fourth-order valence-electron chi connectivity index (χ4n) is 1.26. The van der Waals surface area contributed by atoms with Crippen LogP contribution in [0.4, 0.5) is 5.69 Å². The van der Waals surface area contributed by atoms with Gasteiger partial charge in [-0.1, -0.05) is 11.6 Å². The molecular formula is C11H6BrClN2O3. The van der Waals surface area contributed by atoms with Gasteiger partial charge in [-0.3, -0.25) is 15.1 Å². The molecule has 0 aliphatic rings. The molecule has 5 nitrogen and oxygen atoms in total. The minimum absolute atomic E-state index is 0.0153. The number of pyridine rings is 1. The number of non-ortho nitro benzene ring substituents is 1. The normalized spacial score (nSPS) is 10.1. The van der Waals surface area contributed by atoms with E-state index in [0.29, 0.717) is 21.0 Å². The first-order valence-electron chi connectivity index (χ1n) is 4.78. The second-order valence-electron chi connectivity index (χ2n) is 3.31. The van der Waals surface area contributed by atoms with E-state index in [1.54, 1.807) is 6.07 Å². The Labute approximate surface area is 116 Å². The predicted octanol–water partition coefficient (Wildman–Crippen LogP) is 4.20. The summed E-state index contributed by atoms with van der Waals surface area (Å²) < 4.78 is 5.99. The van der Waals surface area contributed by atoms with Gasteiger partial charge in [-0.05, 0) is 22.0 Å². The van der Waals surface area contributed by atoms with Gasteiger partial charge in [0.2, 0.25) is 0 Å². The van der Waals surface area contributed by atoms with Crippen LogP contribution >= 0.6 is 27.5 Å². The minimum atomic E-state index is -0.477. The standard InChI is InChI=1S/C11H6BrClN2O3/c12-10-4-8(15(16)17)1-2-11(10)18-9-3-7(13)5-14-6-9/h1-6H. The van der Waals surface area contributed by atoms with E-state index in [-0.39, 0.29) is 5.69 Å². The second kappa shape index (κ2) is 5.32. The van der Waals surface area contributed by atoms with Crippen LogP contribution in [0, 0.1) is 10.1 Å². The summed E-state index contributed by atoms with van der Waals surface area (Å²) in [5.74, 6) is 0.904. The van der Waals surface area contributed by atoms with Gasteiger partial charge >= 0.3 is 0 Å². The number of rotatable bonds is 3. The molecule has 0 amide bonds. The number of nitro groups is 1. The molecule has 92 valence electrons. The average molecular weight is 330 g/mol. The molecule has 0 spiro atoms. The lowest BCUT2D eigenvalue weighted by molar-refractivity contribution is -0.384. The Morgan fingerprint density at radius 3 is 2.72 bits per heavy atom.